The van der Waals surface area contributed by atoms with Crippen molar-refractivity contribution in [3.8, 4) is 17.2 Å². The molecule has 20 heavy (non-hydrogen) atoms. The number of ether oxygens (including phenoxy) is 3. The predicted molar refractivity (Wildman–Crippen MR) is 71.5 cm³/mol. The van der Waals surface area contributed by atoms with Crippen molar-refractivity contribution in [3.63, 3.8) is 0 Å². The number of carbonyl (C=O) groups is 1. The molecular formula is C15H18O5. The van der Waals surface area contributed by atoms with Crippen LogP contribution in [0.4, 0.5) is 0 Å². The van der Waals surface area contributed by atoms with Gasteiger partial charge in [0.05, 0.1) is 11.2 Å². The van der Waals surface area contributed by atoms with Crippen LogP contribution < -0.4 is 14.2 Å². The predicted octanol–water partition coefficient (Wildman–Crippen LogP) is 2.30. The van der Waals surface area contributed by atoms with Gasteiger partial charge in [-0.3, -0.25) is 4.79 Å². The van der Waals surface area contributed by atoms with Gasteiger partial charge in [0.1, 0.15) is 12.4 Å². The quantitative estimate of drug-likeness (QED) is 0.856. The third-order valence-corrected chi connectivity index (χ3v) is 3.91. The van der Waals surface area contributed by atoms with Gasteiger partial charge < -0.3 is 19.3 Å². The molecule has 5 nitrogen and oxygen atoms in total. The lowest BCUT2D eigenvalue weighted by atomic mass is 9.85. The summed E-state index contributed by atoms with van der Waals surface area (Å²) in [6.45, 7) is 0.356. The van der Waals surface area contributed by atoms with Crippen LogP contribution in [0, 0.1) is 0 Å². The van der Waals surface area contributed by atoms with Crippen molar-refractivity contribution in [2.75, 3.05) is 13.4 Å². The summed E-state index contributed by atoms with van der Waals surface area (Å²) in [4.78, 5) is 11.1. The zero-order valence-corrected chi connectivity index (χ0v) is 11.3. The van der Waals surface area contributed by atoms with E-state index in [1.807, 2.05) is 0 Å². The molecule has 1 fully saturated rings. The first-order valence-corrected chi connectivity index (χ1v) is 6.94. The monoisotopic (exact) mass is 278 g/mol. The zero-order valence-electron chi connectivity index (χ0n) is 11.3. The molecule has 1 aromatic carbocycles. The van der Waals surface area contributed by atoms with Crippen LogP contribution in [0.2, 0.25) is 0 Å². The second-order valence-electron chi connectivity index (χ2n) is 5.43. The van der Waals surface area contributed by atoms with E-state index in [9.17, 15) is 9.90 Å². The highest BCUT2D eigenvalue weighted by Crippen LogP contribution is 2.38. The molecule has 3 rings (SSSR count). The van der Waals surface area contributed by atoms with E-state index >= 15 is 0 Å². The lowest BCUT2D eigenvalue weighted by molar-refractivity contribution is -0.0340. The van der Waals surface area contributed by atoms with Crippen molar-refractivity contribution in [2.24, 2.45) is 0 Å². The average Bonchev–Trinajstić information content (AvgIpc) is 2.92. The molecule has 1 aliphatic heterocycles. The maximum atomic E-state index is 11.1. The number of hydrogen-bond acceptors (Lipinski definition) is 5. The van der Waals surface area contributed by atoms with E-state index in [4.69, 9.17) is 14.2 Å². The Kier molecular flexibility index (Phi) is 3.53. The van der Waals surface area contributed by atoms with E-state index in [1.54, 1.807) is 12.1 Å². The Balaban J connectivity index is 1.75. The molecule has 0 saturated heterocycles. The van der Waals surface area contributed by atoms with Gasteiger partial charge in [-0.2, -0.15) is 0 Å². The molecule has 108 valence electrons. The highest BCUT2D eigenvalue weighted by molar-refractivity contribution is 5.81. The first-order valence-electron chi connectivity index (χ1n) is 6.94. The number of aliphatic hydroxyl groups is 1. The Morgan fingerprint density at radius 2 is 1.90 bits per heavy atom. The Morgan fingerprint density at radius 1 is 1.20 bits per heavy atom. The molecule has 0 unspecified atom stereocenters. The van der Waals surface area contributed by atoms with Crippen LogP contribution in [0.3, 0.4) is 0 Å². The Hall–Kier alpha value is -1.75. The maximum absolute atomic E-state index is 11.1. The van der Waals surface area contributed by atoms with E-state index in [2.05, 4.69) is 0 Å². The molecule has 0 radical (unpaired) electrons. The number of benzene rings is 1. The number of fused-ring (bicyclic) bond motifs is 1. The molecular weight excluding hydrogens is 260 g/mol. The molecule has 0 atom stereocenters. The summed E-state index contributed by atoms with van der Waals surface area (Å²) in [7, 11) is 0. The molecule has 1 N–H and O–H groups in total. The van der Waals surface area contributed by atoms with E-state index in [0.717, 1.165) is 38.4 Å². The van der Waals surface area contributed by atoms with Crippen LogP contribution in [-0.4, -0.2) is 30.4 Å². The summed E-state index contributed by atoms with van der Waals surface area (Å²) >= 11 is 0. The molecule has 1 aliphatic carbocycles. The number of carbonyl (C=O) groups excluding carboxylic acids is 1. The summed E-state index contributed by atoms with van der Waals surface area (Å²) in [6.07, 6.45) is 5.40. The smallest absolute Gasteiger partial charge is 0.231 e. The van der Waals surface area contributed by atoms with Crippen molar-refractivity contribution in [3.05, 3.63) is 17.7 Å². The molecule has 5 heteroatoms. The second-order valence-corrected chi connectivity index (χ2v) is 5.43. The first kappa shape index (κ1) is 13.2. The number of rotatable bonds is 4. The highest BCUT2D eigenvalue weighted by atomic mass is 16.7. The van der Waals surface area contributed by atoms with Crippen molar-refractivity contribution >= 4 is 6.29 Å². The lowest BCUT2D eigenvalue weighted by Gasteiger charge is -2.31. The molecule has 0 aromatic heterocycles. The normalized spacial score (nSPS) is 19.6. The summed E-state index contributed by atoms with van der Waals surface area (Å²) in [5.41, 5.74) is -0.372. The van der Waals surface area contributed by atoms with Crippen molar-refractivity contribution < 1.29 is 24.1 Å². The molecule has 1 aromatic rings. The lowest BCUT2D eigenvalue weighted by Crippen LogP contribution is -2.38. The van der Waals surface area contributed by atoms with E-state index < -0.39 is 5.60 Å². The van der Waals surface area contributed by atoms with E-state index in [0.29, 0.717) is 22.8 Å². The SMILES string of the molecule is O=Cc1cc2c(cc1OCC1(O)CCCCC1)OCO2. The third-order valence-electron chi connectivity index (χ3n) is 3.91. The van der Waals surface area contributed by atoms with Crippen molar-refractivity contribution in [1.29, 1.82) is 0 Å². The van der Waals surface area contributed by atoms with Crippen molar-refractivity contribution in [2.45, 2.75) is 37.7 Å². The van der Waals surface area contributed by atoms with Crippen LogP contribution in [0.1, 0.15) is 42.5 Å². The molecule has 0 spiro atoms. The largest absolute Gasteiger partial charge is 0.490 e. The molecule has 1 heterocycles. The van der Waals surface area contributed by atoms with Gasteiger partial charge >= 0.3 is 0 Å². The standard InChI is InChI=1S/C15H18O5/c16-8-11-6-13-14(20-10-19-13)7-12(11)18-9-15(17)4-2-1-3-5-15/h6-8,17H,1-5,9-10H2. The number of hydrogen-bond donors (Lipinski definition) is 1. The fourth-order valence-electron chi connectivity index (χ4n) is 2.72. The van der Waals surface area contributed by atoms with Crippen LogP contribution >= 0.6 is 0 Å². The maximum Gasteiger partial charge on any atom is 0.231 e. The summed E-state index contributed by atoms with van der Waals surface area (Å²) in [5.74, 6) is 1.56. The van der Waals surface area contributed by atoms with Crippen LogP contribution in [0.5, 0.6) is 17.2 Å². The van der Waals surface area contributed by atoms with Gasteiger partial charge in [0, 0.05) is 6.07 Å². The summed E-state index contributed by atoms with van der Waals surface area (Å²) in [6, 6.07) is 3.26. The minimum atomic E-state index is -0.783. The third kappa shape index (κ3) is 2.58. The van der Waals surface area contributed by atoms with E-state index in [-0.39, 0.29) is 13.4 Å². The van der Waals surface area contributed by atoms with Gasteiger partial charge in [-0.1, -0.05) is 19.3 Å². The van der Waals surface area contributed by atoms with Gasteiger partial charge in [0.2, 0.25) is 6.79 Å². The minimum Gasteiger partial charge on any atom is -0.490 e. The second kappa shape index (κ2) is 5.32. The fraction of sp³-hybridized carbons (Fsp3) is 0.533. The highest BCUT2D eigenvalue weighted by Gasteiger charge is 2.30. The van der Waals surface area contributed by atoms with Gasteiger partial charge in [0.15, 0.2) is 17.8 Å². The average molecular weight is 278 g/mol. The zero-order chi connectivity index (χ0) is 14.0. The van der Waals surface area contributed by atoms with Crippen LogP contribution in [-0.2, 0) is 0 Å². The topological polar surface area (TPSA) is 65.0 Å². The van der Waals surface area contributed by atoms with Crippen LogP contribution in [0.25, 0.3) is 0 Å². The molecule has 2 aliphatic rings. The molecule has 1 saturated carbocycles. The van der Waals surface area contributed by atoms with Gasteiger partial charge in [0.25, 0.3) is 0 Å². The molecule has 0 bridgehead atoms. The van der Waals surface area contributed by atoms with E-state index in [1.165, 1.54) is 0 Å². The fourth-order valence-corrected chi connectivity index (χ4v) is 2.72. The first-order chi connectivity index (χ1) is 9.70. The number of aldehydes is 1. The van der Waals surface area contributed by atoms with Gasteiger partial charge in [-0.25, -0.2) is 0 Å². The summed E-state index contributed by atoms with van der Waals surface area (Å²) in [5, 5.41) is 10.4. The van der Waals surface area contributed by atoms with Crippen molar-refractivity contribution in [1.82, 2.24) is 0 Å². The minimum absolute atomic E-state index is 0.154. The Bertz CT molecular complexity index is 505. The van der Waals surface area contributed by atoms with Gasteiger partial charge in [-0.05, 0) is 18.9 Å². The molecule has 0 amide bonds. The van der Waals surface area contributed by atoms with Crippen LogP contribution in [0.15, 0.2) is 12.1 Å². The van der Waals surface area contributed by atoms with Gasteiger partial charge in [-0.15, -0.1) is 0 Å². The Morgan fingerprint density at radius 3 is 2.60 bits per heavy atom. The Labute approximate surface area is 117 Å². The summed E-state index contributed by atoms with van der Waals surface area (Å²) < 4.78 is 16.2.